The van der Waals surface area contributed by atoms with E-state index < -0.39 is 0 Å². The van der Waals surface area contributed by atoms with E-state index in [1.807, 2.05) is 0 Å². The van der Waals surface area contributed by atoms with Gasteiger partial charge in [0.2, 0.25) is 5.91 Å². The van der Waals surface area contributed by atoms with Gasteiger partial charge in [0.1, 0.15) is 0 Å². The summed E-state index contributed by atoms with van der Waals surface area (Å²) in [6.07, 6.45) is 10.7. The zero-order valence-corrected chi connectivity index (χ0v) is 11.7. The highest BCUT2D eigenvalue weighted by atomic mass is 16.1. The van der Waals surface area contributed by atoms with Crippen LogP contribution in [0.25, 0.3) is 0 Å². The van der Waals surface area contributed by atoms with Crippen LogP contribution in [0.5, 0.6) is 0 Å². The molecule has 0 aromatic heterocycles. The first-order chi connectivity index (χ1) is 8.66. The van der Waals surface area contributed by atoms with Crippen molar-refractivity contribution >= 4 is 5.91 Å². The number of carbonyl (C=O) groups excluding carboxylic acids is 1. The van der Waals surface area contributed by atoms with Crippen molar-refractivity contribution in [1.29, 1.82) is 0 Å². The van der Waals surface area contributed by atoms with Crippen molar-refractivity contribution in [2.75, 3.05) is 0 Å². The van der Waals surface area contributed by atoms with Gasteiger partial charge in [-0.05, 0) is 44.9 Å². The first-order valence-electron chi connectivity index (χ1n) is 7.72. The van der Waals surface area contributed by atoms with Gasteiger partial charge in [-0.15, -0.1) is 0 Å². The van der Waals surface area contributed by atoms with E-state index in [-0.39, 0.29) is 17.9 Å². The lowest BCUT2D eigenvalue weighted by Crippen LogP contribution is -2.44. The average Bonchev–Trinajstić information content (AvgIpc) is 2.39. The Bertz CT molecular complexity index is 274. The first kappa shape index (κ1) is 13.9. The molecule has 104 valence electrons. The van der Waals surface area contributed by atoms with Crippen molar-refractivity contribution in [3.63, 3.8) is 0 Å². The van der Waals surface area contributed by atoms with Gasteiger partial charge in [0.15, 0.2) is 0 Å². The fraction of sp³-hybridized carbons (Fsp3) is 0.933. The Labute approximate surface area is 111 Å². The Hall–Kier alpha value is -0.570. The van der Waals surface area contributed by atoms with Crippen molar-refractivity contribution in [2.45, 2.75) is 76.8 Å². The predicted molar refractivity (Wildman–Crippen MR) is 74.1 cm³/mol. The summed E-state index contributed by atoms with van der Waals surface area (Å²) in [7, 11) is 0. The maximum absolute atomic E-state index is 12.2. The molecule has 2 aliphatic rings. The van der Waals surface area contributed by atoms with Gasteiger partial charge in [0.05, 0.1) is 0 Å². The summed E-state index contributed by atoms with van der Waals surface area (Å²) in [6.45, 7) is 2.18. The quantitative estimate of drug-likeness (QED) is 0.811. The molecule has 3 atom stereocenters. The summed E-state index contributed by atoms with van der Waals surface area (Å²) in [4.78, 5) is 12.2. The van der Waals surface area contributed by atoms with Gasteiger partial charge in [0.25, 0.3) is 0 Å². The molecule has 2 fully saturated rings. The summed E-state index contributed by atoms with van der Waals surface area (Å²) in [5.41, 5.74) is 5.96. The molecule has 3 unspecified atom stereocenters. The predicted octanol–water partition coefficient (Wildman–Crippen LogP) is 2.59. The van der Waals surface area contributed by atoms with E-state index in [0.717, 1.165) is 25.7 Å². The molecule has 0 aromatic carbocycles. The number of carbonyl (C=O) groups is 1. The van der Waals surface area contributed by atoms with Crippen LogP contribution in [0.15, 0.2) is 0 Å². The normalized spacial score (nSPS) is 31.9. The highest BCUT2D eigenvalue weighted by molar-refractivity contribution is 5.79. The largest absolute Gasteiger partial charge is 0.353 e. The number of rotatable bonds is 3. The second-order valence-electron chi connectivity index (χ2n) is 6.32. The van der Waals surface area contributed by atoms with Crippen molar-refractivity contribution < 1.29 is 4.79 Å². The minimum Gasteiger partial charge on any atom is -0.353 e. The molecule has 0 radical (unpaired) electrons. The van der Waals surface area contributed by atoms with E-state index in [9.17, 15) is 4.79 Å². The van der Waals surface area contributed by atoms with Gasteiger partial charge < -0.3 is 11.1 Å². The van der Waals surface area contributed by atoms with Crippen molar-refractivity contribution in [2.24, 2.45) is 17.6 Å². The molecule has 1 amide bonds. The molecule has 0 heterocycles. The van der Waals surface area contributed by atoms with Gasteiger partial charge >= 0.3 is 0 Å². The van der Waals surface area contributed by atoms with Gasteiger partial charge in [-0.3, -0.25) is 4.79 Å². The number of hydrogen-bond acceptors (Lipinski definition) is 2. The molecular formula is C15H28N2O. The van der Waals surface area contributed by atoms with Crippen LogP contribution in [0.3, 0.4) is 0 Å². The van der Waals surface area contributed by atoms with Crippen molar-refractivity contribution in [1.82, 2.24) is 5.32 Å². The van der Waals surface area contributed by atoms with E-state index >= 15 is 0 Å². The van der Waals surface area contributed by atoms with E-state index in [4.69, 9.17) is 5.73 Å². The van der Waals surface area contributed by atoms with E-state index in [0.29, 0.717) is 12.0 Å². The maximum Gasteiger partial charge on any atom is 0.223 e. The Morgan fingerprint density at radius 3 is 2.50 bits per heavy atom. The van der Waals surface area contributed by atoms with Crippen molar-refractivity contribution in [3.8, 4) is 0 Å². The van der Waals surface area contributed by atoms with Crippen LogP contribution in [-0.2, 0) is 4.79 Å². The fourth-order valence-electron chi connectivity index (χ4n) is 3.56. The summed E-state index contributed by atoms with van der Waals surface area (Å²) in [5, 5.41) is 3.25. The van der Waals surface area contributed by atoms with Crippen LogP contribution in [-0.4, -0.2) is 18.0 Å². The molecular weight excluding hydrogens is 224 g/mol. The third-order valence-corrected chi connectivity index (χ3v) is 4.81. The topological polar surface area (TPSA) is 55.1 Å². The molecule has 2 saturated carbocycles. The van der Waals surface area contributed by atoms with Crippen LogP contribution in [0, 0.1) is 11.8 Å². The minimum absolute atomic E-state index is 0.166. The van der Waals surface area contributed by atoms with Gasteiger partial charge in [0, 0.05) is 18.0 Å². The fourth-order valence-corrected chi connectivity index (χ4v) is 3.56. The lowest BCUT2D eigenvalue weighted by atomic mass is 9.83. The zero-order chi connectivity index (χ0) is 13.0. The Balaban J connectivity index is 1.78. The Morgan fingerprint density at radius 1 is 1.11 bits per heavy atom. The highest BCUT2D eigenvalue weighted by Gasteiger charge is 2.28. The number of amides is 1. The molecule has 0 aliphatic heterocycles. The first-order valence-corrected chi connectivity index (χ1v) is 7.72. The van der Waals surface area contributed by atoms with Crippen LogP contribution >= 0.6 is 0 Å². The summed E-state index contributed by atoms with van der Waals surface area (Å²) in [5.74, 6) is 1.11. The Kier molecular flexibility index (Phi) is 5.04. The highest BCUT2D eigenvalue weighted by Crippen LogP contribution is 2.27. The number of nitrogens with two attached hydrogens (primary N) is 1. The lowest BCUT2D eigenvalue weighted by molar-refractivity contribution is -0.127. The molecule has 3 N–H and O–H groups in total. The molecule has 2 aliphatic carbocycles. The second kappa shape index (κ2) is 6.55. The number of nitrogens with one attached hydrogen (secondary N) is 1. The van der Waals surface area contributed by atoms with Gasteiger partial charge in [-0.2, -0.15) is 0 Å². The van der Waals surface area contributed by atoms with Crippen molar-refractivity contribution in [3.05, 3.63) is 0 Å². The summed E-state index contributed by atoms with van der Waals surface area (Å²) >= 11 is 0. The molecule has 0 aromatic rings. The maximum atomic E-state index is 12.2. The lowest BCUT2D eigenvalue weighted by Gasteiger charge is -2.31. The van der Waals surface area contributed by atoms with E-state index in [1.165, 1.54) is 32.1 Å². The molecule has 2 rings (SSSR count). The third kappa shape index (κ3) is 3.71. The Morgan fingerprint density at radius 2 is 1.83 bits per heavy atom. The van der Waals surface area contributed by atoms with E-state index in [1.54, 1.807) is 0 Å². The minimum atomic E-state index is 0.166. The number of hydrogen-bond donors (Lipinski definition) is 2. The smallest absolute Gasteiger partial charge is 0.223 e. The van der Waals surface area contributed by atoms with E-state index in [2.05, 4.69) is 12.2 Å². The summed E-state index contributed by atoms with van der Waals surface area (Å²) < 4.78 is 0. The standard InChI is InChI=1S/C15H28N2O/c1-11(12-6-3-2-4-7-12)17-15(18)13-8-5-9-14(16)10-13/h11-14H,2-10,16H2,1H3,(H,17,18). The molecule has 3 nitrogen and oxygen atoms in total. The zero-order valence-electron chi connectivity index (χ0n) is 11.7. The average molecular weight is 252 g/mol. The SMILES string of the molecule is CC(NC(=O)C1CCCC(N)C1)C1CCCCC1. The second-order valence-corrected chi connectivity index (χ2v) is 6.32. The third-order valence-electron chi connectivity index (χ3n) is 4.81. The van der Waals surface area contributed by atoms with Crippen LogP contribution < -0.4 is 11.1 Å². The molecule has 0 saturated heterocycles. The van der Waals surface area contributed by atoms with Crippen LogP contribution in [0.1, 0.15) is 64.7 Å². The summed E-state index contributed by atoms with van der Waals surface area (Å²) in [6, 6.07) is 0.579. The molecule has 18 heavy (non-hydrogen) atoms. The van der Waals surface area contributed by atoms with Gasteiger partial charge in [-0.25, -0.2) is 0 Å². The molecule has 0 bridgehead atoms. The van der Waals surface area contributed by atoms with Crippen LogP contribution in [0.2, 0.25) is 0 Å². The van der Waals surface area contributed by atoms with Gasteiger partial charge in [-0.1, -0.05) is 25.7 Å². The molecule has 3 heteroatoms. The van der Waals surface area contributed by atoms with Crippen LogP contribution in [0.4, 0.5) is 0 Å². The monoisotopic (exact) mass is 252 g/mol. The molecule has 0 spiro atoms.